The van der Waals surface area contributed by atoms with E-state index in [1.807, 2.05) is 6.92 Å². The minimum absolute atomic E-state index is 0.0689. The van der Waals surface area contributed by atoms with Crippen LogP contribution in [0, 0.1) is 5.82 Å². The average Bonchev–Trinajstić information content (AvgIpc) is 3.59. The van der Waals surface area contributed by atoms with Gasteiger partial charge in [-0.3, -0.25) is 9.13 Å². The highest BCUT2D eigenvalue weighted by Gasteiger charge is 2.24. The van der Waals surface area contributed by atoms with Gasteiger partial charge in [0.05, 0.1) is 17.6 Å². The number of benzene rings is 1. The molecule has 0 amide bonds. The standard InChI is InChI=1S/C22H22FN9O3/c1-2-16-26-17(35-30-16)10-24-19-18-20(32(22(33)27-18)13-5-7-34-8-6-13)29-21(28-19)31-11-25-14-4-3-12(23)9-15(14)31/h3-4,9,11,13H,2,5-8,10H2,1H3,(H,27,33)(H,24,28,29). The number of aromatic nitrogens is 8. The van der Waals surface area contributed by atoms with E-state index < -0.39 is 5.82 Å². The third-order valence-electron chi connectivity index (χ3n) is 6.07. The van der Waals surface area contributed by atoms with E-state index >= 15 is 0 Å². The Balaban J connectivity index is 1.50. The molecule has 0 atom stereocenters. The fourth-order valence-corrected chi connectivity index (χ4v) is 4.31. The molecule has 0 radical (unpaired) electrons. The minimum Gasteiger partial charge on any atom is -0.381 e. The van der Waals surface area contributed by atoms with E-state index in [2.05, 4.69) is 30.4 Å². The lowest BCUT2D eigenvalue weighted by Gasteiger charge is -2.23. The number of aryl methyl sites for hydroxylation is 1. The molecular weight excluding hydrogens is 457 g/mol. The zero-order valence-corrected chi connectivity index (χ0v) is 18.9. The summed E-state index contributed by atoms with van der Waals surface area (Å²) >= 11 is 0. The maximum absolute atomic E-state index is 14.0. The zero-order chi connectivity index (χ0) is 23.9. The molecule has 1 fully saturated rings. The topological polar surface area (TPSA) is 142 Å². The van der Waals surface area contributed by atoms with Crippen LogP contribution in [0.2, 0.25) is 0 Å². The number of aromatic amines is 1. The van der Waals surface area contributed by atoms with E-state index in [0.29, 0.717) is 72.2 Å². The summed E-state index contributed by atoms with van der Waals surface area (Å²) in [6, 6.07) is 4.24. The molecule has 5 aromatic rings. The molecule has 1 saturated heterocycles. The Morgan fingerprint density at radius 2 is 2.09 bits per heavy atom. The van der Waals surface area contributed by atoms with Crippen molar-refractivity contribution in [2.75, 3.05) is 18.5 Å². The molecule has 1 aliphatic heterocycles. The van der Waals surface area contributed by atoms with Crippen LogP contribution in [0.5, 0.6) is 0 Å². The molecule has 180 valence electrons. The summed E-state index contributed by atoms with van der Waals surface area (Å²) in [7, 11) is 0. The van der Waals surface area contributed by atoms with Gasteiger partial charge in [-0.2, -0.15) is 15.0 Å². The van der Waals surface area contributed by atoms with Crippen molar-refractivity contribution in [3.63, 3.8) is 0 Å². The molecule has 4 aromatic heterocycles. The maximum Gasteiger partial charge on any atom is 0.328 e. The molecule has 13 heteroatoms. The van der Waals surface area contributed by atoms with Gasteiger partial charge in [0.15, 0.2) is 17.3 Å². The molecule has 0 aliphatic carbocycles. The summed E-state index contributed by atoms with van der Waals surface area (Å²) in [5, 5.41) is 7.09. The number of rotatable bonds is 6. The lowest BCUT2D eigenvalue weighted by Crippen LogP contribution is -2.27. The second-order valence-electron chi connectivity index (χ2n) is 8.27. The molecule has 2 N–H and O–H groups in total. The summed E-state index contributed by atoms with van der Waals surface area (Å²) in [6.07, 6.45) is 3.56. The molecule has 1 aromatic carbocycles. The summed E-state index contributed by atoms with van der Waals surface area (Å²) in [5.41, 5.74) is 1.71. The van der Waals surface area contributed by atoms with Gasteiger partial charge in [0, 0.05) is 31.7 Å². The van der Waals surface area contributed by atoms with Crippen LogP contribution in [0.1, 0.15) is 37.5 Å². The Hall–Kier alpha value is -4.13. The number of anilines is 1. The number of imidazole rings is 2. The molecule has 0 saturated carbocycles. The second kappa shape index (κ2) is 8.58. The highest BCUT2D eigenvalue weighted by molar-refractivity contribution is 5.84. The smallest absolute Gasteiger partial charge is 0.328 e. The first-order valence-corrected chi connectivity index (χ1v) is 11.4. The van der Waals surface area contributed by atoms with Gasteiger partial charge in [-0.1, -0.05) is 12.1 Å². The molecule has 12 nitrogen and oxygen atoms in total. The van der Waals surface area contributed by atoms with Crippen LogP contribution in [0.4, 0.5) is 10.2 Å². The fourth-order valence-electron chi connectivity index (χ4n) is 4.31. The third-order valence-corrected chi connectivity index (χ3v) is 6.07. The summed E-state index contributed by atoms with van der Waals surface area (Å²) < 4.78 is 28.0. The maximum atomic E-state index is 14.0. The predicted octanol–water partition coefficient (Wildman–Crippen LogP) is 2.51. The van der Waals surface area contributed by atoms with Crippen LogP contribution in [-0.2, 0) is 17.7 Å². The fraction of sp³-hybridized carbons (Fsp3) is 0.364. The number of nitrogens with one attached hydrogen (secondary N) is 2. The van der Waals surface area contributed by atoms with Crippen LogP contribution in [0.3, 0.4) is 0 Å². The Labute approximate surface area is 197 Å². The van der Waals surface area contributed by atoms with Crippen molar-refractivity contribution < 1.29 is 13.7 Å². The van der Waals surface area contributed by atoms with E-state index in [9.17, 15) is 9.18 Å². The predicted molar refractivity (Wildman–Crippen MR) is 123 cm³/mol. The molecule has 0 bridgehead atoms. The number of hydrogen-bond acceptors (Lipinski definition) is 9. The van der Waals surface area contributed by atoms with Crippen LogP contribution in [0.25, 0.3) is 28.1 Å². The summed E-state index contributed by atoms with van der Waals surface area (Å²) in [6.45, 7) is 3.26. The lowest BCUT2D eigenvalue weighted by atomic mass is 10.1. The van der Waals surface area contributed by atoms with Crippen LogP contribution >= 0.6 is 0 Å². The SMILES string of the molecule is CCc1noc(CNc2nc(-n3cnc4ccc(F)cc43)nc3c2[nH]c(=O)n3C2CCOCC2)n1. The number of fused-ring (bicyclic) bond motifs is 2. The van der Waals surface area contributed by atoms with Crippen molar-refractivity contribution in [2.45, 2.75) is 38.8 Å². The van der Waals surface area contributed by atoms with Crippen LogP contribution in [-0.4, -0.2) is 52.4 Å². The number of halogens is 1. The zero-order valence-electron chi connectivity index (χ0n) is 18.9. The van der Waals surface area contributed by atoms with E-state index in [4.69, 9.17) is 14.2 Å². The van der Waals surface area contributed by atoms with Gasteiger partial charge >= 0.3 is 5.69 Å². The molecule has 6 rings (SSSR count). The van der Waals surface area contributed by atoms with E-state index in [1.54, 1.807) is 15.2 Å². The molecule has 35 heavy (non-hydrogen) atoms. The number of hydrogen-bond donors (Lipinski definition) is 2. The quantitative estimate of drug-likeness (QED) is 0.376. The molecule has 0 spiro atoms. The Morgan fingerprint density at radius 3 is 2.89 bits per heavy atom. The highest BCUT2D eigenvalue weighted by Crippen LogP contribution is 2.27. The third kappa shape index (κ3) is 3.83. The average molecular weight is 479 g/mol. The van der Waals surface area contributed by atoms with Crippen molar-refractivity contribution in [3.05, 3.63) is 52.5 Å². The normalized spacial score (nSPS) is 14.8. The Bertz CT molecular complexity index is 1580. The minimum atomic E-state index is -0.400. The van der Waals surface area contributed by atoms with Gasteiger partial charge in [-0.05, 0) is 25.0 Å². The number of nitrogens with zero attached hydrogens (tertiary/aromatic N) is 7. The van der Waals surface area contributed by atoms with Gasteiger partial charge in [0.2, 0.25) is 11.8 Å². The Kier molecular flexibility index (Phi) is 5.25. The van der Waals surface area contributed by atoms with E-state index in [0.717, 1.165) is 0 Å². The molecule has 1 aliphatic rings. The van der Waals surface area contributed by atoms with Crippen molar-refractivity contribution in [3.8, 4) is 5.95 Å². The van der Waals surface area contributed by atoms with Crippen molar-refractivity contribution in [2.24, 2.45) is 0 Å². The number of H-pyrrole nitrogens is 1. The molecule has 5 heterocycles. The van der Waals surface area contributed by atoms with Crippen molar-refractivity contribution >= 4 is 28.0 Å². The van der Waals surface area contributed by atoms with Crippen molar-refractivity contribution in [1.29, 1.82) is 0 Å². The van der Waals surface area contributed by atoms with Crippen LogP contribution in [0.15, 0.2) is 33.8 Å². The largest absolute Gasteiger partial charge is 0.381 e. The first kappa shape index (κ1) is 21.4. The first-order valence-electron chi connectivity index (χ1n) is 11.4. The summed E-state index contributed by atoms with van der Waals surface area (Å²) in [4.78, 5) is 33.9. The number of ether oxygens (including phenoxy) is 1. The molecule has 0 unspecified atom stereocenters. The second-order valence-corrected chi connectivity index (χ2v) is 8.27. The molecular formula is C22H22FN9O3. The van der Waals surface area contributed by atoms with Gasteiger partial charge in [0.1, 0.15) is 17.7 Å². The van der Waals surface area contributed by atoms with Gasteiger partial charge in [-0.15, -0.1) is 0 Å². The summed E-state index contributed by atoms with van der Waals surface area (Å²) in [5.74, 6) is 1.20. The van der Waals surface area contributed by atoms with Crippen molar-refractivity contribution in [1.82, 2.24) is 39.2 Å². The highest BCUT2D eigenvalue weighted by atomic mass is 19.1. The van der Waals surface area contributed by atoms with E-state index in [-0.39, 0.29) is 24.2 Å². The van der Waals surface area contributed by atoms with Gasteiger partial charge < -0.3 is 19.6 Å². The Morgan fingerprint density at radius 1 is 1.23 bits per heavy atom. The monoisotopic (exact) mass is 479 g/mol. The first-order chi connectivity index (χ1) is 17.1. The van der Waals surface area contributed by atoms with Crippen LogP contribution < -0.4 is 11.0 Å². The van der Waals surface area contributed by atoms with E-state index in [1.165, 1.54) is 18.5 Å². The van der Waals surface area contributed by atoms with Gasteiger partial charge in [-0.25, -0.2) is 14.2 Å². The van der Waals surface area contributed by atoms with Gasteiger partial charge in [0.25, 0.3) is 0 Å². The lowest BCUT2D eigenvalue weighted by molar-refractivity contribution is 0.0697.